The largest absolute Gasteiger partial charge is 0.380 e. The summed E-state index contributed by atoms with van der Waals surface area (Å²) in [5.74, 6) is 0.0778. The lowest BCUT2D eigenvalue weighted by molar-refractivity contribution is -0.383. The number of hydrogen-bond donors (Lipinski definition) is 1. The van der Waals surface area contributed by atoms with Gasteiger partial charge in [0.1, 0.15) is 11.3 Å². The molecule has 6 heteroatoms. The lowest BCUT2D eigenvalue weighted by Gasteiger charge is -2.09. The first-order chi connectivity index (χ1) is 11.6. The molecule has 0 spiro atoms. The molecule has 3 aromatic rings. The van der Waals surface area contributed by atoms with Crippen LogP contribution in [-0.4, -0.2) is 15.9 Å². The van der Waals surface area contributed by atoms with Gasteiger partial charge in [0, 0.05) is 24.2 Å². The summed E-state index contributed by atoms with van der Waals surface area (Å²) >= 11 is 0. The van der Waals surface area contributed by atoms with Crippen LogP contribution >= 0.6 is 0 Å². The number of nitro groups is 1. The second kappa shape index (κ2) is 5.56. The van der Waals surface area contributed by atoms with E-state index in [1.54, 1.807) is 36.5 Å². The number of non-ortho nitro benzene ring substituents is 1. The van der Waals surface area contributed by atoms with Crippen LogP contribution in [0.2, 0.25) is 0 Å². The van der Waals surface area contributed by atoms with Crippen molar-refractivity contribution in [1.29, 1.82) is 0 Å². The van der Waals surface area contributed by atoms with Crippen LogP contribution in [0.1, 0.15) is 17.9 Å². The smallest absolute Gasteiger partial charge is 0.278 e. The molecule has 2 unspecified atom stereocenters. The second-order valence-corrected chi connectivity index (χ2v) is 5.93. The first-order valence-electron chi connectivity index (χ1n) is 7.67. The van der Waals surface area contributed by atoms with E-state index in [1.807, 2.05) is 0 Å². The van der Waals surface area contributed by atoms with Gasteiger partial charge < -0.3 is 5.32 Å². The molecule has 5 nitrogen and oxygen atoms in total. The normalized spacial score (nSPS) is 19.2. The van der Waals surface area contributed by atoms with Gasteiger partial charge in [-0.1, -0.05) is 12.1 Å². The Balaban J connectivity index is 1.61. The third-order valence-corrected chi connectivity index (χ3v) is 4.37. The molecule has 2 atom stereocenters. The number of pyridine rings is 1. The van der Waals surface area contributed by atoms with Gasteiger partial charge in [0.2, 0.25) is 0 Å². The van der Waals surface area contributed by atoms with Crippen LogP contribution in [-0.2, 0) is 0 Å². The minimum Gasteiger partial charge on any atom is -0.380 e. The molecule has 120 valence electrons. The van der Waals surface area contributed by atoms with Gasteiger partial charge in [0.15, 0.2) is 0 Å². The summed E-state index contributed by atoms with van der Waals surface area (Å²) < 4.78 is 13.0. The molecule has 0 aliphatic heterocycles. The fourth-order valence-corrected chi connectivity index (χ4v) is 3.07. The standard InChI is InChI=1S/C18H14FN3O2/c19-12-5-3-11(4-6-12)14-10-16(14)21-15-7-8-17(22(23)24)13-2-1-9-20-18(13)15/h1-9,14,16,21H,10H2. The first kappa shape index (κ1) is 14.6. The number of fused-ring (bicyclic) bond motifs is 1. The fourth-order valence-electron chi connectivity index (χ4n) is 3.07. The Hall–Kier alpha value is -3.02. The maximum Gasteiger partial charge on any atom is 0.278 e. The van der Waals surface area contributed by atoms with Crippen LogP contribution in [0.5, 0.6) is 0 Å². The molecule has 1 saturated carbocycles. The van der Waals surface area contributed by atoms with E-state index in [2.05, 4.69) is 10.3 Å². The van der Waals surface area contributed by atoms with E-state index in [0.29, 0.717) is 16.8 Å². The van der Waals surface area contributed by atoms with Crippen molar-refractivity contribution in [3.63, 3.8) is 0 Å². The van der Waals surface area contributed by atoms with Crippen LogP contribution in [0.4, 0.5) is 15.8 Å². The van der Waals surface area contributed by atoms with Crippen molar-refractivity contribution in [2.24, 2.45) is 0 Å². The van der Waals surface area contributed by atoms with Crippen molar-refractivity contribution in [3.05, 3.63) is 76.2 Å². The summed E-state index contributed by atoms with van der Waals surface area (Å²) in [6, 6.07) is 13.4. The number of halogens is 1. The van der Waals surface area contributed by atoms with E-state index >= 15 is 0 Å². The lowest BCUT2D eigenvalue weighted by Crippen LogP contribution is -2.05. The zero-order chi connectivity index (χ0) is 16.7. The van der Waals surface area contributed by atoms with Crippen LogP contribution in [0, 0.1) is 15.9 Å². The third kappa shape index (κ3) is 2.56. The summed E-state index contributed by atoms with van der Waals surface area (Å²) in [5, 5.41) is 15.1. The number of aromatic nitrogens is 1. The Labute approximate surface area is 137 Å². The zero-order valence-electron chi connectivity index (χ0n) is 12.6. The second-order valence-electron chi connectivity index (χ2n) is 5.93. The number of nitrogens with one attached hydrogen (secondary N) is 1. The zero-order valence-corrected chi connectivity index (χ0v) is 12.6. The van der Waals surface area contributed by atoms with Crippen molar-refractivity contribution in [1.82, 2.24) is 4.98 Å². The van der Waals surface area contributed by atoms with E-state index in [1.165, 1.54) is 18.2 Å². The number of rotatable bonds is 4. The number of nitro benzene ring substituents is 1. The monoisotopic (exact) mass is 323 g/mol. The highest BCUT2D eigenvalue weighted by molar-refractivity contribution is 5.96. The molecular weight excluding hydrogens is 309 g/mol. The molecular formula is C18H14FN3O2. The number of hydrogen-bond acceptors (Lipinski definition) is 4. The Morgan fingerprint density at radius 2 is 1.96 bits per heavy atom. The molecule has 0 bridgehead atoms. The number of benzene rings is 2. The Morgan fingerprint density at radius 3 is 2.71 bits per heavy atom. The van der Waals surface area contributed by atoms with E-state index in [4.69, 9.17) is 0 Å². The van der Waals surface area contributed by atoms with Crippen molar-refractivity contribution in [3.8, 4) is 0 Å². The summed E-state index contributed by atoms with van der Waals surface area (Å²) in [6.45, 7) is 0. The summed E-state index contributed by atoms with van der Waals surface area (Å²) in [7, 11) is 0. The van der Waals surface area contributed by atoms with Gasteiger partial charge in [0.05, 0.1) is 16.0 Å². The quantitative estimate of drug-likeness (QED) is 0.576. The molecule has 24 heavy (non-hydrogen) atoms. The minimum atomic E-state index is -0.397. The maximum absolute atomic E-state index is 13.0. The van der Waals surface area contributed by atoms with Crippen molar-refractivity contribution < 1.29 is 9.31 Å². The lowest BCUT2D eigenvalue weighted by atomic mass is 10.1. The number of anilines is 1. The molecule has 1 heterocycles. The number of nitrogens with zero attached hydrogens (tertiary/aromatic N) is 2. The molecule has 1 fully saturated rings. The highest BCUT2D eigenvalue weighted by atomic mass is 19.1. The van der Waals surface area contributed by atoms with Crippen molar-refractivity contribution >= 4 is 22.3 Å². The van der Waals surface area contributed by atoms with E-state index in [-0.39, 0.29) is 17.5 Å². The van der Waals surface area contributed by atoms with E-state index in [9.17, 15) is 14.5 Å². The molecule has 1 aliphatic rings. The van der Waals surface area contributed by atoms with Gasteiger partial charge in [-0.25, -0.2) is 4.39 Å². The van der Waals surface area contributed by atoms with Gasteiger partial charge in [-0.15, -0.1) is 0 Å². The Kier molecular flexibility index (Phi) is 3.37. The molecule has 0 amide bonds. The molecule has 4 rings (SSSR count). The molecule has 1 N–H and O–H groups in total. The highest BCUT2D eigenvalue weighted by Gasteiger charge is 2.38. The van der Waals surface area contributed by atoms with Crippen molar-refractivity contribution in [2.75, 3.05) is 5.32 Å². The van der Waals surface area contributed by atoms with Gasteiger partial charge in [0.25, 0.3) is 5.69 Å². The molecule has 0 saturated heterocycles. The summed E-state index contributed by atoms with van der Waals surface area (Å²) in [4.78, 5) is 15.1. The topological polar surface area (TPSA) is 68.1 Å². The molecule has 1 aliphatic carbocycles. The van der Waals surface area contributed by atoms with Gasteiger partial charge in [-0.2, -0.15) is 0 Å². The average molecular weight is 323 g/mol. The maximum atomic E-state index is 13.0. The molecule has 2 aromatic carbocycles. The van der Waals surface area contributed by atoms with Gasteiger partial charge in [-0.3, -0.25) is 15.1 Å². The van der Waals surface area contributed by atoms with Gasteiger partial charge >= 0.3 is 0 Å². The fraction of sp³-hybridized carbons (Fsp3) is 0.167. The van der Waals surface area contributed by atoms with Gasteiger partial charge in [-0.05, 0) is 42.3 Å². The minimum absolute atomic E-state index is 0.0505. The predicted molar refractivity (Wildman–Crippen MR) is 89.6 cm³/mol. The van der Waals surface area contributed by atoms with Crippen LogP contribution < -0.4 is 5.32 Å². The van der Waals surface area contributed by atoms with Crippen molar-refractivity contribution in [2.45, 2.75) is 18.4 Å². The van der Waals surface area contributed by atoms with Crippen LogP contribution in [0.3, 0.4) is 0 Å². The Morgan fingerprint density at radius 1 is 1.17 bits per heavy atom. The van der Waals surface area contributed by atoms with E-state index in [0.717, 1.165) is 17.7 Å². The average Bonchev–Trinajstić information content (AvgIpc) is 3.35. The molecule has 1 aromatic heterocycles. The third-order valence-electron chi connectivity index (χ3n) is 4.37. The predicted octanol–water partition coefficient (Wildman–Crippen LogP) is 4.25. The summed E-state index contributed by atoms with van der Waals surface area (Å²) in [6.07, 6.45) is 2.57. The highest BCUT2D eigenvalue weighted by Crippen LogP contribution is 2.44. The van der Waals surface area contributed by atoms with E-state index < -0.39 is 4.92 Å². The molecule has 0 radical (unpaired) electrons. The van der Waals surface area contributed by atoms with Crippen LogP contribution in [0.25, 0.3) is 10.9 Å². The SMILES string of the molecule is O=[N+]([O-])c1ccc(NC2CC2c2ccc(F)cc2)c2ncccc12. The summed E-state index contributed by atoms with van der Waals surface area (Å²) in [5.41, 5.74) is 2.52. The first-order valence-corrected chi connectivity index (χ1v) is 7.67. The van der Waals surface area contributed by atoms with Crippen LogP contribution in [0.15, 0.2) is 54.7 Å². The Bertz CT molecular complexity index is 927.